The molecule has 2 heteroatoms. The van der Waals surface area contributed by atoms with Gasteiger partial charge in [-0.15, -0.1) is 0 Å². The summed E-state index contributed by atoms with van der Waals surface area (Å²) in [7, 11) is 0. The predicted octanol–water partition coefficient (Wildman–Crippen LogP) is 4.23. The zero-order chi connectivity index (χ0) is 15.3. The molecular formula is C19H31NO. The van der Waals surface area contributed by atoms with Crippen molar-refractivity contribution in [3.63, 3.8) is 0 Å². The van der Waals surface area contributed by atoms with Crippen LogP contribution in [0.1, 0.15) is 70.0 Å². The van der Waals surface area contributed by atoms with Gasteiger partial charge in [0, 0.05) is 12.6 Å². The Labute approximate surface area is 130 Å². The van der Waals surface area contributed by atoms with Gasteiger partial charge < -0.3 is 10.4 Å². The number of rotatable bonds is 6. The SMILES string of the molecule is CCc1ccc(C(CC)NCC2(O)CCCC(C)C2)cc1. The Morgan fingerprint density at radius 3 is 2.57 bits per heavy atom. The first-order valence-electron chi connectivity index (χ1n) is 8.61. The second-order valence-electron chi connectivity index (χ2n) is 6.86. The molecule has 1 saturated carbocycles. The number of nitrogens with one attached hydrogen (secondary N) is 1. The summed E-state index contributed by atoms with van der Waals surface area (Å²) in [4.78, 5) is 0. The third-order valence-corrected chi connectivity index (χ3v) is 4.94. The van der Waals surface area contributed by atoms with E-state index >= 15 is 0 Å². The highest BCUT2D eigenvalue weighted by Crippen LogP contribution is 2.32. The van der Waals surface area contributed by atoms with E-state index in [4.69, 9.17) is 0 Å². The van der Waals surface area contributed by atoms with Crippen molar-refractivity contribution in [2.24, 2.45) is 5.92 Å². The molecule has 0 bridgehead atoms. The van der Waals surface area contributed by atoms with E-state index in [1.165, 1.54) is 17.5 Å². The molecule has 2 rings (SSSR count). The fourth-order valence-corrected chi connectivity index (χ4v) is 3.59. The van der Waals surface area contributed by atoms with Gasteiger partial charge in [0.05, 0.1) is 5.60 Å². The summed E-state index contributed by atoms with van der Waals surface area (Å²) >= 11 is 0. The third-order valence-electron chi connectivity index (χ3n) is 4.94. The van der Waals surface area contributed by atoms with Crippen LogP contribution < -0.4 is 5.32 Å². The molecule has 118 valence electrons. The number of benzene rings is 1. The first kappa shape index (κ1) is 16.5. The molecule has 3 unspecified atom stereocenters. The Bertz CT molecular complexity index is 428. The molecule has 1 aliphatic rings. The van der Waals surface area contributed by atoms with Gasteiger partial charge in [-0.1, -0.05) is 57.9 Å². The van der Waals surface area contributed by atoms with Crippen LogP contribution in [0.4, 0.5) is 0 Å². The van der Waals surface area contributed by atoms with E-state index in [0.29, 0.717) is 18.5 Å². The maximum absolute atomic E-state index is 10.8. The highest BCUT2D eigenvalue weighted by Gasteiger charge is 2.32. The summed E-state index contributed by atoms with van der Waals surface area (Å²) in [6.45, 7) is 7.36. The Morgan fingerprint density at radius 1 is 1.29 bits per heavy atom. The summed E-state index contributed by atoms with van der Waals surface area (Å²) in [5.74, 6) is 0.648. The van der Waals surface area contributed by atoms with Gasteiger partial charge in [0.15, 0.2) is 0 Å². The minimum absolute atomic E-state index is 0.345. The highest BCUT2D eigenvalue weighted by atomic mass is 16.3. The van der Waals surface area contributed by atoms with E-state index in [-0.39, 0.29) is 0 Å². The molecule has 0 saturated heterocycles. The van der Waals surface area contributed by atoms with Crippen LogP contribution in [0, 0.1) is 5.92 Å². The lowest BCUT2D eigenvalue weighted by Gasteiger charge is -2.37. The number of hydrogen-bond donors (Lipinski definition) is 2. The summed E-state index contributed by atoms with van der Waals surface area (Å²) in [5, 5.41) is 14.4. The molecule has 0 amide bonds. The van der Waals surface area contributed by atoms with Crippen LogP contribution in [0.5, 0.6) is 0 Å². The minimum atomic E-state index is -0.506. The second kappa shape index (κ2) is 7.42. The van der Waals surface area contributed by atoms with Crippen molar-refractivity contribution in [1.29, 1.82) is 0 Å². The van der Waals surface area contributed by atoms with E-state index in [2.05, 4.69) is 50.4 Å². The molecule has 0 radical (unpaired) electrons. The van der Waals surface area contributed by atoms with Crippen molar-refractivity contribution < 1.29 is 5.11 Å². The predicted molar refractivity (Wildman–Crippen MR) is 89.4 cm³/mol. The lowest BCUT2D eigenvalue weighted by atomic mass is 9.79. The molecule has 21 heavy (non-hydrogen) atoms. The molecule has 1 aromatic rings. The average Bonchev–Trinajstić information content (AvgIpc) is 2.48. The van der Waals surface area contributed by atoms with Crippen LogP contribution in [0.15, 0.2) is 24.3 Å². The molecule has 2 nitrogen and oxygen atoms in total. The Morgan fingerprint density at radius 2 is 2.00 bits per heavy atom. The lowest BCUT2D eigenvalue weighted by molar-refractivity contribution is -0.0138. The molecule has 1 aliphatic carbocycles. The number of aryl methyl sites for hydroxylation is 1. The van der Waals surface area contributed by atoms with Crippen LogP contribution in [-0.2, 0) is 6.42 Å². The smallest absolute Gasteiger partial charge is 0.0774 e. The largest absolute Gasteiger partial charge is 0.389 e. The number of aliphatic hydroxyl groups is 1. The number of hydrogen-bond acceptors (Lipinski definition) is 2. The maximum atomic E-state index is 10.8. The zero-order valence-electron chi connectivity index (χ0n) is 13.9. The molecule has 2 N–H and O–H groups in total. The van der Waals surface area contributed by atoms with Gasteiger partial charge >= 0.3 is 0 Å². The van der Waals surface area contributed by atoms with Crippen molar-refractivity contribution in [3.8, 4) is 0 Å². The maximum Gasteiger partial charge on any atom is 0.0774 e. The summed E-state index contributed by atoms with van der Waals surface area (Å²) in [6.07, 6.45) is 6.43. The molecule has 0 spiro atoms. The standard InChI is InChI=1S/C19H31NO/c1-4-16-8-10-17(11-9-16)18(5-2)20-14-19(21)12-6-7-15(3)13-19/h8-11,15,18,20-21H,4-7,12-14H2,1-3H3. The highest BCUT2D eigenvalue weighted by molar-refractivity contribution is 5.25. The van der Waals surface area contributed by atoms with Crippen LogP contribution in [0.25, 0.3) is 0 Å². The molecule has 1 fully saturated rings. The van der Waals surface area contributed by atoms with Crippen LogP contribution in [-0.4, -0.2) is 17.3 Å². The summed E-state index contributed by atoms with van der Waals surface area (Å²) < 4.78 is 0. The van der Waals surface area contributed by atoms with Crippen molar-refractivity contribution >= 4 is 0 Å². The van der Waals surface area contributed by atoms with E-state index < -0.39 is 5.60 Å². The van der Waals surface area contributed by atoms with E-state index in [0.717, 1.165) is 32.1 Å². The first-order chi connectivity index (χ1) is 10.1. The van der Waals surface area contributed by atoms with Crippen molar-refractivity contribution in [2.75, 3.05) is 6.54 Å². The van der Waals surface area contributed by atoms with Crippen molar-refractivity contribution in [2.45, 2.75) is 70.9 Å². The van der Waals surface area contributed by atoms with Crippen molar-refractivity contribution in [3.05, 3.63) is 35.4 Å². The van der Waals surface area contributed by atoms with Crippen LogP contribution >= 0.6 is 0 Å². The monoisotopic (exact) mass is 289 g/mol. The second-order valence-corrected chi connectivity index (χ2v) is 6.86. The van der Waals surface area contributed by atoms with Crippen LogP contribution in [0.2, 0.25) is 0 Å². The molecule has 1 aromatic carbocycles. The molecular weight excluding hydrogens is 258 g/mol. The van der Waals surface area contributed by atoms with Gasteiger partial charge in [0.25, 0.3) is 0 Å². The fraction of sp³-hybridized carbons (Fsp3) is 0.684. The van der Waals surface area contributed by atoms with Gasteiger partial charge in [0.2, 0.25) is 0 Å². The molecule has 0 aliphatic heterocycles. The van der Waals surface area contributed by atoms with Crippen LogP contribution in [0.3, 0.4) is 0 Å². The summed E-state index contributed by atoms with van der Waals surface area (Å²) in [6, 6.07) is 9.24. The van der Waals surface area contributed by atoms with Gasteiger partial charge in [-0.3, -0.25) is 0 Å². The lowest BCUT2D eigenvalue weighted by Crippen LogP contribution is -2.45. The Kier molecular flexibility index (Phi) is 5.83. The van der Waals surface area contributed by atoms with E-state index in [1.807, 2.05) is 0 Å². The van der Waals surface area contributed by atoms with Gasteiger partial charge in [-0.2, -0.15) is 0 Å². The van der Waals surface area contributed by atoms with Gasteiger partial charge in [-0.05, 0) is 42.7 Å². The molecule has 3 atom stereocenters. The molecule has 0 heterocycles. The summed E-state index contributed by atoms with van der Waals surface area (Å²) in [5.41, 5.74) is 2.21. The first-order valence-corrected chi connectivity index (χ1v) is 8.61. The molecule has 0 aromatic heterocycles. The van der Waals surface area contributed by atoms with Crippen molar-refractivity contribution in [1.82, 2.24) is 5.32 Å². The fourth-order valence-electron chi connectivity index (χ4n) is 3.59. The Balaban J connectivity index is 1.95. The van der Waals surface area contributed by atoms with Gasteiger partial charge in [-0.25, -0.2) is 0 Å². The quantitative estimate of drug-likeness (QED) is 0.821. The average molecular weight is 289 g/mol. The zero-order valence-corrected chi connectivity index (χ0v) is 13.9. The Hall–Kier alpha value is -0.860. The topological polar surface area (TPSA) is 32.3 Å². The third kappa shape index (κ3) is 4.55. The van der Waals surface area contributed by atoms with E-state index in [9.17, 15) is 5.11 Å². The van der Waals surface area contributed by atoms with Gasteiger partial charge in [0.1, 0.15) is 0 Å². The minimum Gasteiger partial charge on any atom is -0.389 e. The van der Waals surface area contributed by atoms with E-state index in [1.54, 1.807) is 0 Å². The normalized spacial score (nSPS) is 27.5.